The fourth-order valence-corrected chi connectivity index (χ4v) is 7.09. The molecule has 0 bridgehead atoms. The van der Waals surface area contributed by atoms with Gasteiger partial charge in [-0.05, 0) is 96.0 Å². The van der Waals surface area contributed by atoms with Crippen molar-refractivity contribution in [3.05, 3.63) is 89.0 Å². The van der Waals surface area contributed by atoms with Gasteiger partial charge in [-0.15, -0.1) is 11.8 Å². The van der Waals surface area contributed by atoms with Crippen molar-refractivity contribution in [2.24, 2.45) is 0 Å². The van der Waals surface area contributed by atoms with Crippen molar-refractivity contribution in [3.8, 4) is 22.6 Å². The molecule has 0 aromatic heterocycles. The Labute approximate surface area is 263 Å². The number of hydrogen-bond acceptors (Lipinski definition) is 6. The Morgan fingerprint density at radius 3 is 2.48 bits per heavy atom. The Morgan fingerprint density at radius 2 is 1.73 bits per heavy atom. The summed E-state index contributed by atoms with van der Waals surface area (Å²) in [4.78, 5) is 13.7. The lowest BCUT2D eigenvalue weighted by atomic mass is 9.82. The molecule has 1 aliphatic carbocycles. The molecule has 1 saturated carbocycles. The highest BCUT2D eigenvalue weighted by molar-refractivity contribution is 7.99. The molecule has 0 atom stereocenters. The van der Waals surface area contributed by atoms with Crippen LogP contribution in [0.5, 0.6) is 11.5 Å². The number of nitrogens with one attached hydrogen (secondary N) is 3. The predicted octanol–water partition coefficient (Wildman–Crippen LogP) is 9.67. The third-order valence-corrected chi connectivity index (χ3v) is 9.43. The second kappa shape index (κ2) is 13.3. The highest BCUT2D eigenvalue weighted by Crippen LogP contribution is 2.46. The number of fused-ring (bicyclic) bond motifs is 2. The molecule has 44 heavy (non-hydrogen) atoms. The molecule has 4 aromatic rings. The smallest absolute Gasteiger partial charge is 0.338 e. The Hall–Kier alpha value is -4.10. The lowest BCUT2D eigenvalue weighted by Crippen LogP contribution is -2.20. The van der Waals surface area contributed by atoms with Gasteiger partial charge in [0.15, 0.2) is 0 Å². The fraction of sp³-hybridized carbons (Fsp3) is 0.324. The molecule has 0 unspecified atom stereocenters. The molecule has 6 nitrogen and oxygen atoms in total. The van der Waals surface area contributed by atoms with Crippen molar-refractivity contribution >= 4 is 40.2 Å². The van der Waals surface area contributed by atoms with Crippen LogP contribution in [0.15, 0.2) is 71.6 Å². The van der Waals surface area contributed by atoms with E-state index < -0.39 is 0 Å². The third-order valence-electron chi connectivity index (χ3n) is 8.55. The minimum atomic E-state index is -0.328. The number of rotatable bonds is 10. The van der Waals surface area contributed by atoms with E-state index in [1.54, 1.807) is 23.9 Å². The van der Waals surface area contributed by atoms with Gasteiger partial charge in [-0.3, -0.25) is 10.8 Å². The summed E-state index contributed by atoms with van der Waals surface area (Å²) in [6.45, 7) is 4.62. The molecular weight excluding hydrogens is 566 g/mol. The third kappa shape index (κ3) is 6.11. The monoisotopic (exact) mass is 605 g/mol. The Balaban J connectivity index is 1.51. The number of benzene rings is 4. The van der Waals surface area contributed by atoms with E-state index in [4.69, 9.17) is 20.3 Å². The quantitative estimate of drug-likeness (QED) is 0.0950. The van der Waals surface area contributed by atoms with Crippen LogP contribution < -0.4 is 10.1 Å². The van der Waals surface area contributed by atoms with Gasteiger partial charge in [0.25, 0.3) is 0 Å². The van der Waals surface area contributed by atoms with Crippen LogP contribution in [0.4, 0.5) is 0 Å². The van der Waals surface area contributed by atoms with E-state index in [1.165, 1.54) is 24.8 Å². The minimum Gasteiger partial charge on any atom is -0.462 e. The highest BCUT2D eigenvalue weighted by atomic mass is 32.2. The first-order valence-corrected chi connectivity index (χ1v) is 16.7. The molecule has 0 saturated heterocycles. The summed E-state index contributed by atoms with van der Waals surface area (Å²) in [5, 5.41) is 22.4. The summed E-state index contributed by atoms with van der Waals surface area (Å²) in [5.74, 6) is 2.90. The van der Waals surface area contributed by atoms with Crippen LogP contribution in [-0.2, 0) is 4.74 Å². The van der Waals surface area contributed by atoms with Gasteiger partial charge in [-0.1, -0.05) is 57.7 Å². The van der Waals surface area contributed by atoms with Gasteiger partial charge in [0.2, 0.25) is 0 Å². The van der Waals surface area contributed by atoms with Crippen molar-refractivity contribution in [1.82, 2.24) is 5.32 Å². The van der Waals surface area contributed by atoms with Gasteiger partial charge >= 0.3 is 5.97 Å². The molecule has 1 heterocycles. The summed E-state index contributed by atoms with van der Waals surface area (Å²) in [6.07, 6.45) is 7.82. The molecule has 0 amide bonds. The zero-order chi connectivity index (χ0) is 30.6. The van der Waals surface area contributed by atoms with E-state index in [-0.39, 0.29) is 17.6 Å². The molecule has 7 heteroatoms. The van der Waals surface area contributed by atoms with Gasteiger partial charge in [0.05, 0.1) is 12.2 Å². The van der Waals surface area contributed by atoms with E-state index in [0.29, 0.717) is 23.8 Å². The van der Waals surface area contributed by atoms with Crippen LogP contribution in [-0.4, -0.2) is 30.0 Å². The van der Waals surface area contributed by atoms with Crippen LogP contribution in [0.1, 0.15) is 91.8 Å². The SMILES string of the molecule is CCCCOC(=O)c1ccc(Oc2cc(C3CCCCC3)cc3cc4c(c(-c5cccc(SCC)c5)c23)C(=N)NC4=N)cc1. The van der Waals surface area contributed by atoms with Crippen molar-refractivity contribution in [3.63, 3.8) is 0 Å². The number of hydrogen-bond donors (Lipinski definition) is 3. The molecule has 1 aliphatic heterocycles. The zero-order valence-electron chi connectivity index (χ0n) is 25.4. The summed E-state index contributed by atoms with van der Waals surface area (Å²) in [5.41, 5.74) is 5.10. The van der Waals surface area contributed by atoms with Crippen molar-refractivity contribution in [2.45, 2.75) is 69.6 Å². The predicted molar refractivity (Wildman–Crippen MR) is 180 cm³/mol. The van der Waals surface area contributed by atoms with Gasteiger partial charge in [-0.25, -0.2) is 4.79 Å². The fourth-order valence-electron chi connectivity index (χ4n) is 6.37. The molecule has 226 valence electrons. The van der Waals surface area contributed by atoms with Crippen molar-refractivity contribution in [2.75, 3.05) is 12.4 Å². The van der Waals surface area contributed by atoms with E-state index in [2.05, 4.69) is 55.6 Å². The largest absolute Gasteiger partial charge is 0.462 e. The van der Waals surface area contributed by atoms with E-state index in [1.807, 2.05) is 18.2 Å². The summed E-state index contributed by atoms with van der Waals surface area (Å²) in [6, 6.07) is 22.1. The molecule has 0 spiro atoms. The highest BCUT2D eigenvalue weighted by Gasteiger charge is 2.30. The second-order valence-electron chi connectivity index (χ2n) is 11.6. The van der Waals surface area contributed by atoms with Gasteiger partial charge in [0.1, 0.15) is 23.2 Å². The number of unbranched alkanes of at least 4 members (excludes halogenated alkanes) is 1. The van der Waals surface area contributed by atoms with Crippen LogP contribution >= 0.6 is 11.8 Å². The summed E-state index contributed by atoms with van der Waals surface area (Å²) >= 11 is 1.78. The lowest BCUT2D eigenvalue weighted by molar-refractivity contribution is 0.0499. The molecule has 0 radical (unpaired) electrons. The standard InChI is InChI=1S/C37H39N3O3S/c1-3-5-18-42-37(41)24-14-16-28(17-15-24)43-31-22-26(23-10-7-6-8-11-23)19-27-21-30-34(36(39)40-35(30)38)33(32(27)31)25-12-9-13-29(20-25)44-4-2/h9,12-17,19-23H,3-8,10-11,18H2,1-2H3,(H3,38,39,40). The van der Waals surface area contributed by atoms with Crippen molar-refractivity contribution < 1.29 is 14.3 Å². The zero-order valence-corrected chi connectivity index (χ0v) is 26.2. The van der Waals surface area contributed by atoms with Crippen LogP contribution in [0.2, 0.25) is 0 Å². The molecular formula is C37H39N3O3S. The van der Waals surface area contributed by atoms with Crippen LogP contribution in [0, 0.1) is 10.8 Å². The Bertz CT molecular complexity index is 1720. The number of ether oxygens (including phenoxy) is 2. The number of esters is 1. The first-order chi connectivity index (χ1) is 21.5. The molecule has 3 N–H and O–H groups in total. The molecule has 2 aliphatic rings. The van der Waals surface area contributed by atoms with Crippen molar-refractivity contribution in [1.29, 1.82) is 10.8 Å². The van der Waals surface area contributed by atoms with Crippen LogP contribution in [0.25, 0.3) is 21.9 Å². The lowest BCUT2D eigenvalue weighted by Gasteiger charge is -2.24. The first-order valence-electron chi connectivity index (χ1n) is 15.7. The Kier molecular flexibility index (Phi) is 9.03. The second-order valence-corrected chi connectivity index (χ2v) is 12.9. The molecule has 4 aromatic carbocycles. The average Bonchev–Trinajstić information content (AvgIpc) is 3.33. The van der Waals surface area contributed by atoms with E-state index >= 15 is 0 Å². The topological polar surface area (TPSA) is 95.3 Å². The van der Waals surface area contributed by atoms with Gasteiger partial charge in [0, 0.05) is 27.0 Å². The van der Waals surface area contributed by atoms with Gasteiger partial charge < -0.3 is 14.8 Å². The summed E-state index contributed by atoms with van der Waals surface area (Å²) < 4.78 is 12.1. The Morgan fingerprint density at radius 1 is 0.932 bits per heavy atom. The maximum atomic E-state index is 12.5. The van der Waals surface area contributed by atoms with Gasteiger partial charge in [-0.2, -0.15) is 0 Å². The number of amidine groups is 2. The van der Waals surface area contributed by atoms with E-state index in [9.17, 15) is 4.79 Å². The average molecular weight is 606 g/mol. The first kappa shape index (κ1) is 29.9. The summed E-state index contributed by atoms with van der Waals surface area (Å²) in [7, 11) is 0. The van der Waals surface area contributed by atoms with E-state index in [0.717, 1.165) is 75.1 Å². The maximum absolute atomic E-state index is 12.5. The molecule has 1 fully saturated rings. The molecule has 6 rings (SSSR count). The number of carbonyl (C=O) groups excluding carboxylic acids is 1. The maximum Gasteiger partial charge on any atom is 0.338 e. The normalized spacial score (nSPS) is 14.9. The minimum absolute atomic E-state index is 0.226. The van der Waals surface area contributed by atoms with Crippen LogP contribution in [0.3, 0.4) is 0 Å². The number of carbonyl (C=O) groups is 1. The number of thioether (sulfide) groups is 1.